The number of amides is 1. The van der Waals surface area contributed by atoms with Gasteiger partial charge in [0.25, 0.3) is 5.91 Å². The summed E-state index contributed by atoms with van der Waals surface area (Å²) in [5, 5.41) is 10.1. The third-order valence-electron chi connectivity index (χ3n) is 3.89. The molecule has 7 heteroatoms. The Morgan fingerprint density at radius 2 is 1.96 bits per heavy atom. The number of hydrogen-bond acceptors (Lipinski definition) is 6. The van der Waals surface area contributed by atoms with Gasteiger partial charge in [-0.3, -0.25) is 9.59 Å². The maximum atomic E-state index is 12.4. The van der Waals surface area contributed by atoms with Crippen molar-refractivity contribution >= 4 is 11.7 Å². The van der Waals surface area contributed by atoms with E-state index in [-0.39, 0.29) is 23.9 Å². The van der Waals surface area contributed by atoms with Crippen LogP contribution in [0.4, 0.5) is 0 Å². The van der Waals surface area contributed by atoms with Gasteiger partial charge in [-0.05, 0) is 31.5 Å². The van der Waals surface area contributed by atoms with E-state index in [2.05, 4.69) is 0 Å². The minimum absolute atomic E-state index is 0.0628. The monoisotopic (exact) mass is 334 g/mol. The molecule has 2 atom stereocenters. The van der Waals surface area contributed by atoms with E-state index in [1.54, 1.807) is 25.1 Å². The van der Waals surface area contributed by atoms with Crippen molar-refractivity contribution in [1.29, 1.82) is 0 Å². The summed E-state index contributed by atoms with van der Waals surface area (Å²) in [5.41, 5.74) is 6.52. The molecule has 7 nitrogen and oxygen atoms in total. The molecule has 0 saturated carbocycles. The Kier molecular flexibility index (Phi) is 5.14. The van der Waals surface area contributed by atoms with Crippen LogP contribution in [0.5, 0.6) is 11.5 Å². The lowest BCUT2D eigenvalue weighted by atomic mass is 9.96. The Labute approximate surface area is 140 Å². The number of methoxy groups -OCH3 is 2. The summed E-state index contributed by atoms with van der Waals surface area (Å²) in [6.07, 6.45) is 0. The summed E-state index contributed by atoms with van der Waals surface area (Å²) in [6.45, 7) is 3.28. The topological polar surface area (TPSA) is 102 Å². The van der Waals surface area contributed by atoms with Crippen molar-refractivity contribution in [2.45, 2.75) is 25.9 Å². The van der Waals surface area contributed by atoms with E-state index >= 15 is 0 Å². The SMILES string of the molecule is COc1ccc(C2C(C(C)=O)=C(O)C(=O)N2CC(C)N)cc1OC. The highest BCUT2D eigenvalue weighted by Crippen LogP contribution is 2.40. The smallest absolute Gasteiger partial charge is 0.290 e. The van der Waals surface area contributed by atoms with E-state index in [4.69, 9.17) is 15.2 Å². The fraction of sp³-hybridized carbons (Fsp3) is 0.412. The first-order valence-corrected chi connectivity index (χ1v) is 7.54. The average molecular weight is 334 g/mol. The summed E-state index contributed by atoms with van der Waals surface area (Å²) in [4.78, 5) is 25.8. The Morgan fingerprint density at radius 3 is 2.46 bits per heavy atom. The predicted molar refractivity (Wildman–Crippen MR) is 88.0 cm³/mol. The van der Waals surface area contributed by atoms with Gasteiger partial charge in [-0.25, -0.2) is 0 Å². The zero-order valence-electron chi connectivity index (χ0n) is 14.2. The second-order valence-corrected chi connectivity index (χ2v) is 5.77. The van der Waals surface area contributed by atoms with Crippen LogP contribution < -0.4 is 15.2 Å². The Hall–Kier alpha value is -2.54. The summed E-state index contributed by atoms with van der Waals surface area (Å²) in [6, 6.07) is 4.09. The maximum Gasteiger partial charge on any atom is 0.290 e. The molecule has 0 bridgehead atoms. The zero-order valence-corrected chi connectivity index (χ0v) is 14.2. The molecule has 3 N–H and O–H groups in total. The molecule has 0 aromatic heterocycles. The van der Waals surface area contributed by atoms with Crippen molar-refractivity contribution in [2.24, 2.45) is 5.73 Å². The van der Waals surface area contributed by atoms with Crippen molar-refractivity contribution in [1.82, 2.24) is 4.90 Å². The van der Waals surface area contributed by atoms with Gasteiger partial charge in [0, 0.05) is 12.6 Å². The fourth-order valence-corrected chi connectivity index (χ4v) is 2.88. The van der Waals surface area contributed by atoms with E-state index in [0.29, 0.717) is 17.1 Å². The number of ketones is 1. The van der Waals surface area contributed by atoms with Gasteiger partial charge >= 0.3 is 0 Å². The second kappa shape index (κ2) is 6.92. The van der Waals surface area contributed by atoms with Crippen LogP contribution >= 0.6 is 0 Å². The number of nitrogens with two attached hydrogens (primary N) is 1. The Morgan fingerprint density at radius 1 is 1.33 bits per heavy atom. The maximum absolute atomic E-state index is 12.4. The standard InChI is InChI=1S/C17H22N2O5/c1-9(18)8-19-15(14(10(2)20)16(21)17(19)22)11-5-6-12(23-3)13(7-11)24-4/h5-7,9,15,21H,8,18H2,1-4H3. The van der Waals surface area contributed by atoms with E-state index in [1.807, 2.05) is 0 Å². The Balaban J connectivity index is 2.57. The Bertz CT molecular complexity index is 696. The molecular weight excluding hydrogens is 312 g/mol. The minimum atomic E-state index is -0.708. The molecule has 0 aliphatic carbocycles. The van der Waals surface area contributed by atoms with Crippen molar-refractivity contribution in [3.63, 3.8) is 0 Å². The quantitative estimate of drug-likeness (QED) is 0.814. The number of carbonyl (C=O) groups is 2. The molecule has 24 heavy (non-hydrogen) atoms. The van der Waals surface area contributed by atoms with Gasteiger partial charge in [0.2, 0.25) is 0 Å². The highest BCUT2D eigenvalue weighted by molar-refractivity contribution is 6.08. The third kappa shape index (κ3) is 3.07. The number of aliphatic hydroxyl groups excluding tert-OH is 1. The fourth-order valence-electron chi connectivity index (χ4n) is 2.88. The first kappa shape index (κ1) is 17.8. The number of rotatable bonds is 6. The molecule has 1 aliphatic heterocycles. The summed E-state index contributed by atoms with van der Waals surface area (Å²) in [5.74, 6) is -0.493. The van der Waals surface area contributed by atoms with Crippen molar-refractivity contribution in [3.8, 4) is 11.5 Å². The van der Waals surface area contributed by atoms with Gasteiger partial charge in [-0.15, -0.1) is 0 Å². The summed E-state index contributed by atoms with van der Waals surface area (Å²) >= 11 is 0. The second-order valence-electron chi connectivity index (χ2n) is 5.77. The van der Waals surface area contributed by atoms with Crippen LogP contribution in [0.3, 0.4) is 0 Å². The average Bonchev–Trinajstić information content (AvgIpc) is 2.78. The number of nitrogens with zero attached hydrogens (tertiary/aromatic N) is 1. The van der Waals surface area contributed by atoms with Crippen molar-refractivity contribution in [3.05, 3.63) is 35.1 Å². The van der Waals surface area contributed by atoms with Crippen LogP contribution in [0.2, 0.25) is 0 Å². The minimum Gasteiger partial charge on any atom is -0.503 e. The van der Waals surface area contributed by atoms with Crippen LogP contribution in [0.25, 0.3) is 0 Å². The molecule has 130 valence electrons. The highest BCUT2D eigenvalue weighted by atomic mass is 16.5. The molecule has 2 rings (SSSR count). The van der Waals surface area contributed by atoms with Gasteiger partial charge in [0.1, 0.15) is 0 Å². The lowest BCUT2D eigenvalue weighted by Crippen LogP contribution is -2.39. The van der Waals surface area contributed by atoms with Crippen LogP contribution in [0.15, 0.2) is 29.5 Å². The number of ether oxygens (including phenoxy) is 2. The lowest BCUT2D eigenvalue weighted by molar-refractivity contribution is -0.129. The molecule has 1 aromatic carbocycles. The van der Waals surface area contributed by atoms with Gasteiger partial charge in [0.15, 0.2) is 23.0 Å². The molecule has 1 amide bonds. The van der Waals surface area contributed by atoms with E-state index in [1.165, 1.54) is 26.0 Å². The van der Waals surface area contributed by atoms with Gasteiger partial charge in [0.05, 0.1) is 25.8 Å². The normalized spacial score (nSPS) is 18.8. The van der Waals surface area contributed by atoms with Gasteiger partial charge in [-0.2, -0.15) is 0 Å². The summed E-state index contributed by atoms with van der Waals surface area (Å²) in [7, 11) is 3.02. The number of carbonyl (C=O) groups excluding carboxylic acids is 2. The number of hydrogen-bond donors (Lipinski definition) is 2. The molecule has 0 saturated heterocycles. The van der Waals surface area contributed by atoms with E-state index in [0.717, 1.165) is 0 Å². The van der Waals surface area contributed by atoms with Gasteiger partial charge in [-0.1, -0.05) is 6.07 Å². The summed E-state index contributed by atoms with van der Waals surface area (Å²) < 4.78 is 10.5. The molecule has 0 fully saturated rings. The van der Waals surface area contributed by atoms with Gasteiger partial charge < -0.3 is 25.2 Å². The number of aliphatic hydroxyl groups is 1. The number of Topliss-reactive ketones (excluding diaryl/α,β-unsaturated/α-hetero) is 1. The third-order valence-corrected chi connectivity index (χ3v) is 3.89. The van der Waals surface area contributed by atoms with Crippen molar-refractivity contribution < 1.29 is 24.2 Å². The van der Waals surface area contributed by atoms with Crippen LogP contribution in [-0.2, 0) is 9.59 Å². The number of benzene rings is 1. The molecule has 1 aromatic rings. The molecule has 1 aliphatic rings. The van der Waals surface area contributed by atoms with Crippen LogP contribution in [0.1, 0.15) is 25.5 Å². The molecule has 1 heterocycles. The zero-order chi connectivity index (χ0) is 18.0. The van der Waals surface area contributed by atoms with Crippen molar-refractivity contribution in [2.75, 3.05) is 20.8 Å². The predicted octanol–water partition coefficient (Wildman–Crippen LogP) is 1.34. The van der Waals surface area contributed by atoms with E-state index < -0.39 is 17.7 Å². The molecule has 0 radical (unpaired) electrons. The first-order valence-electron chi connectivity index (χ1n) is 7.54. The highest BCUT2D eigenvalue weighted by Gasteiger charge is 2.42. The van der Waals surface area contributed by atoms with Crippen LogP contribution in [0, 0.1) is 0 Å². The largest absolute Gasteiger partial charge is 0.503 e. The van der Waals surface area contributed by atoms with Crippen LogP contribution in [-0.4, -0.2) is 48.5 Å². The van der Waals surface area contributed by atoms with E-state index in [9.17, 15) is 14.7 Å². The lowest BCUT2D eigenvalue weighted by Gasteiger charge is -2.28. The first-order chi connectivity index (χ1) is 11.3. The molecule has 2 unspecified atom stereocenters. The molecular formula is C17H22N2O5. The molecule has 0 spiro atoms.